The normalized spacial score (nSPS) is 13.9. The van der Waals surface area contributed by atoms with Crippen LogP contribution in [0.5, 0.6) is 0 Å². The van der Waals surface area contributed by atoms with E-state index in [4.69, 9.17) is 5.73 Å². The van der Waals surface area contributed by atoms with Crippen molar-refractivity contribution in [2.75, 3.05) is 5.73 Å². The smallest absolute Gasteiger partial charge is 0.278 e. The number of nitrogens with one attached hydrogen (secondary N) is 2. The minimum atomic E-state index is -0.355. The highest BCUT2D eigenvalue weighted by molar-refractivity contribution is 5.85. The minimum absolute atomic E-state index is 0. The third-order valence-corrected chi connectivity index (χ3v) is 4.19. The molecule has 0 radical (unpaired) electrons. The zero-order valence-electron chi connectivity index (χ0n) is 12.8. The average Bonchev–Trinajstić information content (AvgIpc) is 3.27. The van der Waals surface area contributed by atoms with Crippen LogP contribution in [0.3, 0.4) is 0 Å². The summed E-state index contributed by atoms with van der Waals surface area (Å²) < 4.78 is 14.1. The molecular weight excluding hydrogens is 333 g/mol. The third kappa shape index (κ3) is 3.12. The van der Waals surface area contributed by atoms with Crippen molar-refractivity contribution in [3.8, 4) is 0 Å². The summed E-state index contributed by atoms with van der Waals surface area (Å²) in [5.74, 6) is 0.986. The van der Waals surface area contributed by atoms with E-state index in [1.165, 1.54) is 0 Å². The van der Waals surface area contributed by atoms with Crippen molar-refractivity contribution in [3.05, 3.63) is 51.3 Å². The first-order chi connectivity index (χ1) is 11.1. The number of aromatic amines is 2. The molecule has 0 amide bonds. The van der Waals surface area contributed by atoms with Gasteiger partial charge in [-0.05, 0) is 42.4 Å². The number of benzene rings is 1. The van der Waals surface area contributed by atoms with Gasteiger partial charge in [-0.15, -0.1) is 12.4 Å². The molecule has 1 aliphatic rings. The molecule has 2 heterocycles. The first-order valence-corrected chi connectivity index (χ1v) is 7.63. The van der Waals surface area contributed by atoms with E-state index < -0.39 is 0 Å². The van der Waals surface area contributed by atoms with E-state index in [0.717, 1.165) is 18.4 Å². The highest BCUT2D eigenvalue weighted by Gasteiger charge is 2.24. The molecule has 4 rings (SSSR count). The Bertz CT molecular complexity index is 947. The number of nitrogens with zero attached hydrogens (tertiary/aromatic N) is 2. The number of H-pyrrole nitrogens is 2. The molecule has 24 heavy (non-hydrogen) atoms. The van der Waals surface area contributed by atoms with Gasteiger partial charge in [0.1, 0.15) is 11.6 Å². The SMILES string of the molecule is Cl.Nc1nc2nc(CCc3ccc(C4CC4)cc3F)[nH]c2c(=O)[nH]1. The van der Waals surface area contributed by atoms with Gasteiger partial charge in [0, 0.05) is 6.42 Å². The molecule has 3 aromatic rings. The van der Waals surface area contributed by atoms with Crippen molar-refractivity contribution in [2.45, 2.75) is 31.6 Å². The molecule has 0 spiro atoms. The molecule has 0 aliphatic heterocycles. The number of hydrogen-bond donors (Lipinski definition) is 3. The fourth-order valence-electron chi connectivity index (χ4n) is 2.78. The number of fused-ring (bicyclic) bond motifs is 1. The Morgan fingerprint density at radius 3 is 2.71 bits per heavy atom. The molecule has 0 bridgehead atoms. The van der Waals surface area contributed by atoms with Crippen LogP contribution in [0.2, 0.25) is 0 Å². The fraction of sp³-hybridized carbons (Fsp3) is 0.312. The number of hydrogen-bond acceptors (Lipinski definition) is 4. The standard InChI is InChI=1S/C16H16FN5O.ClH/c17-11-7-10(8-1-2-8)4-3-9(11)5-6-12-19-13-14(20-12)21-16(18)22-15(13)23;/h3-4,7-8H,1-2,5-6H2,(H4,18,19,20,21,22,23);1H. The summed E-state index contributed by atoms with van der Waals surface area (Å²) in [5, 5.41) is 0. The molecule has 1 aromatic carbocycles. The quantitative estimate of drug-likeness (QED) is 0.673. The molecular formula is C16H17ClFN5O. The Balaban J connectivity index is 0.00000169. The van der Waals surface area contributed by atoms with Crippen LogP contribution in [0.1, 0.15) is 35.7 Å². The third-order valence-electron chi connectivity index (χ3n) is 4.19. The van der Waals surface area contributed by atoms with Gasteiger partial charge in [0.25, 0.3) is 5.56 Å². The number of aryl methyl sites for hydroxylation is 2. The largest absolute Gasteiger partial charge is 0.369 e. The van der Waals surface area contributed by atoms with E-state index in [1.54, 1.807) is 6.07 Å². The van der Waals surface area contributed by atoms with Gasteiger partial charge in [-0.1, -0.05) is 12.1 Å². The molecule has 0 atom stereocenters. The second kappa shape index (κ2) is 6.24. The van der Waals surface area contributed by atoms with E-state index in [-0.39, 0.29) is 35.4 Å². The van der Waals surface area contributed by atoms with E-state index in [2.05, 4.69) is 19.9 Å². The Kier molecular flexibility index (Phi) is 4.28. The zero-order valence-corrected chi connectivity index (χ0v) is 13.6. The molecule has 4 N–H and O–H groups in total. The summed E-state index contributed by atoms with van der Waals surface area (Å²) in [7, 11) is 0. The van der Waals surface area contributed by atoms with Gasteiger partial charge < -0.3 is 10.7 Å². The predicted octanol–water partition coefficient (Wildman–Crippen LogP) is 2.45. The molecule has 0 unspecified atom stereocenters. The molecule has 0 saturated heterocycles. The second-order valence-corrected chi connectivity index (χ2v) is 5.96. The van der Waals surface area contributed by atoms with E-state index in [1.807, 2.05) is 12.1 Å². The van der Waals surface area contributed by atoms with Gasteiger partial charge >= 0.3 is 0 Å². The minimum Gasteiger partial charge on any atom is -0.369 e. The van der Waals surface area contributed by atoms with E-state index in [9.17, 15) is 9.18 Å². The number of imidazole rings is 1. The predicted molar refractivity (Wildman–Crippen MR) is 92.0 cm³/mol. The van der Waals surface area contributed by atoms with Crippen LogP contribution in [0.15, 0.2) is 23.0 Å². The number of rotatable bonds is 4. The van der Waals surface area contributed by atoms with Crippen LogP contribution in [0.4, 0.5) is 10.3 Å². The van der Waals surface area contributed by atoms with Gasteiger partial charge in [-0.2, -0.15) is 4.98 Å². The Hall–Kier alpha value is -2.41. The van der Waals surface area contributed by atoms with Crippen LogP contribution in [0.25, 0.3) is 11.2 Å². The van der Waals surface area contributed by atoms with Crippen LogP contribution >= 0.6 is 12.4 Å². The molecule has 1 fully saturated rings. The average molecular weight is 350 g/mol. The number of nitrogens with two attached hydrogens (primary N) is 1. The van der Waals surface area contributed by atoms with Crippen LogP contribution in [0, 0.1) is 5.82 Å². The highest BCUT2D eigenvalue weighted by atomic mass is 35.5. The van der Waals surface area contributed by atoms with Crippen molar-refractivity contribution in [1.29, 1.82) is 0 Å². The molecule has 6 nitrogen and oxygen atoms in total. The summed E-state index contributed by atoms with van der Waals surface area (Å²) in [5.41, 5.74) is 7.44. The number of halogens is 2. The molecule has 2 aromatic heterocycles. The van der Waals surface area contributed by atoms with Gasteiger partial charge in [0.15, 0.2) is 11.2 Å². The maximum Gasteiger partial charge on any atom is 0.278 e. The maximum absolute atomic E-state index is 14.1. The summed E-state index contributed by atoms with van der Waals surface area (Å²) in [6, 6.07) is 5.48. The van der Waals surface area contributed by atoms with Crippen molar-refractivity contribution in [1.82, 2.24) is 19.9 Å². The molecule has 1 saturated carbocycles. The Morgan fingerprint density at radius 2 is 2.00 bits per heavy atom. The van der Waals surface area contributed by atoms with E-state index in [0.29, 0.717) is 35.7 Å². The topological polar surface area (TPSA) is 100 Å². The highest BCUT2D eigenvalue weighted by Crippen LogP contribution is 2.40. The van der Waals surface area contributed by atoms with E-state index >= 15 is 0 Å². The summed E-state index contributed by atoms with van der Waals surface area (Å²) >= 11 is 0. The van der Waals surface area contributed by atoms with Crippen molar-refractivity contribution >= 4 is 29.5 Å². The molecule has 126 valence electrons. The monoisotopic (exact) mass is 349 g/mol. The lowest BCUT2D eigenvalue weighted by Gasteiger charge is -2.04. The lowest BCUT2D eigenvalue weighted by atomic mass is 10.0. The lowest BCUT2D eigenvalue weighted by Crippen LogP contribution is -2.10. The summed E-state index contributed by atoms with van der Waals surface area (Å²) in [6.07, 6.45) is 3.31. The first kappa shape index (κ1) is 16.4. The zero-order chi connectivity index (χ0) is 16.0. The van der Waals surface area contributed by atoms with Crippen molar-refractivity contribution in [3.63, 3.8) is 0 Å². The number of anilines is 1. The lowest BCUT2D eigenvalue weighted by molar-refractivity contribution is 0.605. The second-order valence-electron chi connectivity index (χ2n) is 5.96. The van der Waals surface area contributed by atoms with Gasteiger partial charge in [0.05, 0.1) is 0 Å². The maximum atomic E-state index is 14.1. The Morgan fingerprint density at radius 1 is 1.21 bits per heavy atom. The summed E-state index contributed by atoms with van der Waals surface area (Å²) in [6.45, 7) is 0. The van der Waals surface area contributed by atoms with Crippen LogP contribution in [-0.4, -0.2) is 19.9 Å². The Labute approximate surface area is 143 Å². The first-order valence-electron chi connectivity index (χ1n) is 7.63. The molecule has 1 aliphatic carbocycles. The van der Waals surface area contributed by atoms with Crippen LogP contribution in [-0.2, 0) is 12.8 Å². The number of nitrogen functional groups attached to an aromatic ring is 1. The fourth-order valence-corrected chi connectivity index (χ4v) is 2.78. The van der Waals surface area contributed by atoms with Gasteiger partial charge in [-0.25, -0.2) is 9.37 Å². The van der Waals surface area contributed by atoms with Crippen molar-refractivity contribution < 1.29 is 4.39 Å². The van der Waals surface area contributed by atoms with Gasteiger partial charge in [-0.3, -0.25) is 9.78 Å². The van der Waals surface area contributed by atoms with Crippen molar-refractivity contribution in [2.24, 2.45) is 0 Å². The molecule has 8 heteroatoms. The van der Waals surface area contributed by atoms with Gasteiger partial charge in [0.2, 0.25) is 5.95 Å². The number of aromatic nitrogens is 4. The van der Waals surface area contributed by atoms with Crippen LogP contribution < -0.4 is 11.3 Å². The summed E-state index contributed by atoms with van der Waals surface area (Å²) in [4.78, 5) is 25.3.